The first-order chi connectivity index (χ1) is 12.7. The number of sulfonamides is 1. The van der Waals surface area contributed by atoms with Gasteiger partial charge in [0, 0.05) is 17.8 Å². The van der Waals surface area contributed by atoms with Crippen LogP contribution in [0.5, 0.6) is 0 Å². The van der Waals surface area contributed by atoms with Gasteiger partial charge in [-0.2, -0.15) is 0 Å². The summed E-state index contributed by atoms with van der Waals surface area (Å²) >= 11 is 5.07. The highest BCUT2D eigenvalue weighted by Gasteiger charge is 2.26. The van der Waals surface area contributed by atoms with Gasteiger partial charge in [0.25, 0.3) is 5.91 Å². The third kappa shape index (κ3) is 4.52. The Hall–Kier alpha value is -2.72. The van der Waals surface area contributed by atoms with E-state index >= 15 is 0 Å². The summed E-state index contributed by atoms with van der Waals surface area (Å²) in [5, 5.41) is 2.94. The van der Waals surface area contributed by atoms with Gasteiger partial charge < -0.3 is 5.32 Å². The number of halogens is 1. The molecular weight excluding hydrogens is 391 g/mol. The second-order valence-corrected chi connectivity index (χ2v) is 8.28. The zero-order valence-corrected chi connectivity index (χ0v) is 16.0. The van der Waals surface area contributed by atoms with Crippen LogP contribution in [0.1, 0.15) is 15.9 Å². The SMILES string of the molecule is CS(=O)(=O)N1CCc2cc(C(=O)NNC(=S)Nc3ccc(F)cc3)ccc21. The van der Waals surface area contributed by atoms with Crippen LogP contribution in [0.3, 0.4) is 0 Å². The first-order valence-corrected chi connectivity index (χ1v) is 10.2. The number of thiocarbonyl (C=S) groups is 1. The topological polar surface area (TPSA) is 90.5 Å². The van der Waals surface area contributed by atoms with Gasteiger partial charge in [-0.15, -0.1) is 0 Å². The molecule has 0 spiro atoms. The minimum atomic E-state index is -3.33. The van der Waals surface area contributed by atoms with E-state index in [0.717, 1.165) is 11.8 Å². The molecule has 1 aliphatic heterocycles. The number of carbonyl (C=O) groups is 1. The Bertz CT molecular complexity index is 994. The lowest BCUT2D eigenvalue weighted by molar-refractivity contribution is 0.0944. The number of nitrogens with one attached hydrogen (secondary N) is 3. The molecule has 1 heterocycles. The van der Waals surface area contributed by atoms with Gasteiger partial charge in [0.1, 0.15) is 5.82 Å². The minimum Gasteiger partial charge on any atom is -0.331 e. The molecule has 0 aromatic heterocycles. The van der Waals surface area contributed by atoms with Crippen LogP contribution >= 0.6 is 12.2 Å². The van der Waals surface area contributed by atoms with Gasteiger partial charge in [0.2, 0.25) is 10.0 Å². The molecule has 142 valence electrons. The standard InChI is InChI=1S/C17H17FN4O3S2/c1-27(24,25)22-9-8-11-10-12(2-7-15(11)22)16(23)20-21-17(26)19-14-5-3-13(18)4-6-14/h2-7,10H,8-9H2,1H3,(H,20,23)(H2,19,21,26). The Morgan fingerprint density at radius 3 is 2.52 bits per heavy atom. The lowest BCUT2D eigenvalue weighted by Gasteiger charge is -2.16. The maximum atomic E-state index is 12.9. The smallest absolute Gasteiger partial charge is 0.269 e. The monoisotopic (exact) mass is 408 g/mol. The first-order valence-electron chi connectivity index (χ1n) is 7.97. The van der Waals surface area contributed by atoms with Gasteiger partial charge in [-0.1, -0.05) is 0 Å². The van der Waals surface area contributed by atoms with Crippen molar-refractivity contribution < 1.29 is 17.6 Å². The fraction of sp³-hybridized carbons (Fsp3) is 0.176. The predicted molar refractivity (Wildman–Crippen MR) is 106 cm³/mol. The average Bonchev–Trinajstić information content (AvgIpc) is 3.05. The van der Waals surface area contributed by atoms with Crippen molar-refractivity contribution in [1.82, 2.24) is 10.9 Å². The molecule has 0 aliphatic carbocycles. The number of nitrogens with zero attached hydrogens (tertiary/aromatic N) is 1. The number of hydrogen-bond acceptors (Lipinski definition) is 4. The first kappa shape index (κ1) is 19.1. The zero-order chi connectivity index (χ0) is 19.6. The van der Waals surface area contributed by atoms with Crippen molar-refractivity contribution in [2.45, 2.75) is 6.42 Å². The molecule has 0 bridgehead atoms. The molecule has 3 rings (SSSR count). The summed E-state index contributed by atoms with van der Waals surface area (Å²) < 4.78 is 37.7. The Morgan fingerprint density at radius 2 is 1.85 bits per heavy atom. The van der Waals surface area contributed by atoms with E-state index in [1.165, 1.54) is 28.6 Å². The van der Waals surface area contributed by atoms with Crippen LogP contribution in [0, 0.1) is 5.82 Å². The molecule has 1 aliphatic rings. The molecule has 27 heavy (non-hydrogen) atoms. The summed E-state index contributed by atoms with van der Waals surface area (Å²) in [5.74, 6) is -0.780. The molecule has 2 aromatic carbocycles. The number of carbonyl (C=O) groups excluding carboxylic acids is 1. The lowest BCUT2D eigenvalue weighted by Crippen LogP contribution is -2.43. The van der Waals surface area contributed by atoms with Gasteiger partial charge in [-0.05, 0) is 66.7 Å². The quantitative estimate of drug-likeness (QED) is 0.530. The molecule has 0 unspecified atom stereocenters. The van der Waals surface area contributed by atoms with Crippen LogP contribution < -0.4 is 20.5 Å². The predicted octanol–water partition coefficient (Wildman–Crippen LogP) is 1.78. The molecular formula is C17H17FN4O3S2. The van der Waals surface area contributed by atoms with Crippen LogP contribution in [0.25, 0.3) is 0 Å². The fourth-order valence-electron chi connectivity index (χ4n) is 2.74. The second-order valence-electron chi connectivity index (χ2n) is 5.97. The van der Waals surface area contributed by atoms with Crippen molar-refractivity contribution in [2.24, 2.45) is 0 Å². The van der Waals surface area contributed by atoms with Gasteiger partial charge >= 0.3 is 0 Å². The Labute approximate surface area is 161 Å². The number of benzene rings is 2. The van der Waals surface area contributed by atoms with Crippen molar-refractivity contribution >= 4 is 44.6 Å². The summed E-state index contributed by atoms with van der Waals surface area (Å²) in [6.45, 7) is 0.364. The lowest BCUT2D eigenvalue weighted by atomic mass is 10.1. The summed E-state index contributed by atoms with van der Waals surface area (Å²) in [6, 6.07) is 10.4. The molecule has 1 amide bonds. The summed E-state index contributed by atoms with van der Waals surface area (Å²) in [7, 11) is -3.33. The summed E-state index contributed by atoms with van der Waals surface area (Å²) in [4.78, 5) is 12.3. The molecule has 2 aromatic rings. The average molecular weight is 408 g/mol. The van der Waals surface area contributed by atoms with E-state index in [2.05, 4.69) is 16.2 Å². The molecule has 0 saturated heterocycles. The van der Waals surface area contributed by atoms with Crippen LogP contribution in [0.15, 0.2) is 42.5 Å². The van der Waals surface area contributed by atoms with Gasteiger partial charge in [-0.3, -0.25) is 20.0 Å². The van der Waals surface area contributed by atoms with E-state index in [-0.39, 0.29) is 10.9 Å². The van der Waals surface area contributed by atoms with Crippen molar-refractivity contribution in [3.05, 3.63) is 59.4 Å². The minimum absolute atomic E-state index is 0.138. The van der Waals surface area contributed by atoms with E-state index in [1.807, 2.05) is 0 Å². The second kappa shape index (κ2) is 7.49. The Balaban J connectivity index is 1.60. The molecule has 0 fully saturated rings. The van der Waals surface area contributed by atoms with Crippen LogP contribution in [-0.2, 0) is 16.4 Å². The normalized spacial score (nSPS) is 13.0. The molecule has 0 saturated carbocycles. The molecule has 7 nitrogen and oxygen atoms in total. The summed E-state index contributed by atoms with van der Waals surface area (Å²) in [6.07, 6.45) is 1.70. The highest BCUT2D eigenvalue weighted by Crippen LogP contribution is 2.30. The molecule has 0 radical (unpaired) electrons. The Morgan fingerprint density at radius 1 is 1.15 bits per heavy atom. The zero-order valence-electron chi connectivity index (χ0n) is 14.3. The van der Waals surface area contributed by atoms with Gasteiger partial charge in [0.15, 0.2) is 5.11 Å². The van der Waals surface area contributed by atoms with Crippen LogP contribution in [0.2, 0.25) is 0 Å². The van der Waals surface area contributed by atoms with E-state index in [1.54, 1.807) is 18.2 Å². The number of hydrazine groups is 1. The fourth-order valence-corrected chi connectivity index (χ4v) is 3.87. The van der Waals surface area contributed by atoms with Gasteiger partial charge in [-0.25, -0.2) is 12.8 Å². The van der Waals surface area contributed by atoms with Crippen LogP contribution in [-0.4, -0.2) is 32.2 Å². The third-order valence-corrected chi connectivity index (χ3v) is 5.37. The van der Waals surface area contributed by atoms with Crippen molar-refractivity contribution in [2.75, 3.05) is 22.4 Å². The third-order valence-electron chi connectivity index (χ3n) is 3.99. The van der Waals surface area contributed by atoms with E-state index in [0.29, 0.717) is 29.9 Å². The molecule has 10 heteroatoms. The number of fused-ring (bicyclic) bond motifs is 1. The van der Waals surface area contributed by atoms with Crippen molar-refractivity contribution in [1.29, 1.82) is 0 Å². The highest BCUT2D eigenvalue weighted by atomic mass is 32.2. The maximum Gasteiger partial charge on any atom is 0.269 e. The van der Waals surface area contributed by atoms with Crippen molar-refractivity contribution in [3.8, 4) is 0 Å². The largest absolute Gasteiger partial charge is 0.331 e. The van der Waals surface area contributed by atoms with E-state index in [4.69, 9.17) is 12.2 Å². The number of anilines is 2. The highest BCUT2D eigenvalue weighted by molar-refractivity contribution is 7.92. The van der Waals surface area contributed by atoms with Crippen LogP contribution in [0.4, 0.5) is 15.8 Å². The van der Waals surface area contributed by atoms with Crippen molar-refractivity contribution in [3.63, 3.8) is 0 Å². The maximum absolute atomic E-state index is 12.9. The molecule has 3 N–H and O–H groups in total. The summed E-state index contributed by atoms with van der Waals surface area (Å²) in [5.41, 5.74) is 7.36. The van der Waals surface area contributed by atoms with E-state index in [9.17, 15) is 17.6 Å². The number of amides is 1. The van der Waals surface area contributed by atoms with Gasteiger partial charge in [0.05, 0.1) is 11.9 Å². The number of rotatable bonds is 3. The Kier molecular flexibility index (Phi) is 5.29. The molecule has 0 atom stereocenters. The number of hydrogen-bond donors (Lipinski definition) is 3. The van der Waals surface area contributed by atoms with E-state index < -0.39 is 15.9 Å².